The SMILES string of the molecule is CCCCCCCCCCCCCCCCCCN(CC(C)CCC[C@@H](C)[C@H]1CC[C@H]2[C@@H]3CCC4CCCC[C@]4(C)[C@H]3CC[C@]12C)C(=O)CCCCCCCCCCCCCCCCC. The summed E-state index contributed by atoms with van der Waals surface area (Å²) >= 11 is 0. The van der Waals surface area contributed by atoms with Crippen LogP contribution in [-0.2, 0) is 4.79 Å². The van der Waals surface area contributed by atoms with Crippen LogP contribution >= 0.6 is 0 Å². The first-order valence-corrected chi connectivity index (χ1v) is 31.0. The molecule has 9 atom stereocenters. The van der Waals surface area contributed by atoms with Crippen LogP contribution in [0.15, 0.2) is 0 Å². The molecule has 0 spiro atoms. The molecule has 4 aliphatic rings. The highest BCUT2D eigenvalue weighted by molar-refractivity contribution is 5.76. The first kappa shape index (κ1) is 57.1. The number of rotatable bonds is 40. The summed E-state index contributed by atoms with van der Waals surface area (Å²) in [5.74, 6) is 6.96. The van der Waals surface area contributed by atoms with Crippen LogP contribution < -0.4 is 0 Å². The van der Waals surface area contributed by atoms with Gasteiger partial charge in [0.05, 0.1) is 0 Å². The van der Waals surface area contributed by atoms with Crippen molar-refractivity contribution >= 4 is 5.91 Å². The van der Waals surface area contributed by atoms with Gasteiger partial charge in [0.1, 0.15) is 0 Å². The predicted molar refractivity (Wildman–Crippen MR) is 288 cm³/mol. The molecule has 4 fully saturated rings. The van der Waals surface area contributed by atoms with Crippen LogP contribution in [0.2, 0.25) is 0 Å². The maximum absolute atomic E-state index is 13.9. The second-order valence-electron chi connectivity index (χ2n) is 25.0. The summed E-state index contributed by atoms with van der Waals surface area (Å²) in [6, 6.07) is 0. The summed E-state index contributed by atoms with van der Waals surface area (Å²) in [4.78, 5) is 16.2. The lowest BCUT2D eigenvalue weighted by atomic mass is 9.44. The van der Waals surface area contributed by atoms with Crippen LogP contribution in [0.4, 0.5) is 0 Å². The third kappa shape index (κ3) is 20.4. The summed E-state index contributed by atoms with van der Waals surface area (Å²) in [5.41, 5.74) is 1.25. The van der Waals surface area contributed by atoms with Gasteiger partial charge in [-0.05, 0) is 123 Å². The first-order chi connectivity index (χ1) is 31.7. The van der Waals surface area contributed by atoms with Gasteiger partial charge < -0.3 is 4.90 Å². The maximum Gasteiger partial charge on any atom is 0.222 e. The number of carbonyl (C=O) groups excluding carboxylic acids is 1. The number of unbranched alkanes of at least 4 members (excludes halogenated alkanes) is 29. The van der Waals surface area contributed by atoms with Gasteiger partial charge in [0.15, 0.2) is 0 Å². The molecule has 2 unspecified atom stereocenters. The number of fused-ring (bicyclic) bond motifs is 5. The van der Waals surface area contributed by atoms with Crippen LogP contribution in [0.5, 0.6) is 0 Å². The van der Waals surface area contributed by atoms with Gasteiger partial charge in [0.25, 0.3) is 0 Å². The summed E-state index contributed by atoms with van der Waals surface area (Å²) in [6.45, 7) is 17.3. The van der Waals surface area contributed by atoms with Crippen LogP contribution in [0.3, 0.4) is 0 Å². The number of hydrogen-bond donors (Lipinski definition) is 0. The summed E-state index contributed by atoms with van der Waals surface area (Å²) in [6.07, 6.45) is 63.3. The van der Waals surface area contributed by atoms with E-state index in [1.165, 1.54) is 263 Å². The standard InChI is InChI=1S/C63H119NO/c1-7-9-11-13-15-17-19-21-23-25-27-29-31-33-35-39-52-64(61(65)44-36-34-32-30-28-26-24-22-20-18-16-14-12-10-8-2)53-54(3)41-40-42-55(4)58-47-48-59-57-46-45-56-43-37-38-50-62(56,5)60(57)49-51-63(58,59)6/h54-60H,7-53H2,1-6H3/t54?,55-,56?,57+,58-,59+,60+,62+,63-/m1/s1. The van der Waals surface area contributed by atoms with Gasteiger partial charge in [-0.2, -0.15) is 0 Å². The van der Waals surface area contributed by atoms with Gasteiger partial charge >= 0.3 is 0 Å². The molecule has 65 heavy (non-hydrogen) atoms. The van der Waals surface area contributed by atoms with Crippen molar-refractivity contribution in [3.8, 4) is 0 Å². The largest absolute Gasteiger partial charge is 0.342 e. The van der Waals surface area contributed by atoms with Gasteiger partial charge in [0.2, 0.25) is 5.91 Å². The van der Waals surface area contributed by atoms with Crippen molar-refractivity contribution in [2.24, 2.45) is 52.3 Å². The van der Waals surface area contributed by atoms with Gasteiger partial charge in [-0.15, -0.1) is 0 Å². The van der Waals surface area contributed by atoms with Crippen LogP contribution in [0.1, 0.15) is 330 Å². The summed E-state index contributed by atoms with van der Waals surface area (Å²) in [5, 5.41) is 0. The minimum absolute atomic E-state index is 0.470. The van der Waals surface area contributed by atoms with Crippen molar-refractivity contribution in [2.45, 2.75) is 330 Å². The Kier molecular flexibility index (Phi) is 29.8. The number of amides is 1. The molecule has 382 valence electrons. The zero-order valence-electron chi connectivity index (χ0n) is 45.6. The minimum atomic E-state index is 0.470. The molecule has 0 aromatic rings. The van der Waals surface area contributed by atoms with Crippen LogP contribution in [0, 0.1) is 52.3 Å². The fourth-order valence-electron chi connectivity index (χ4n) is 15.7. The van der Waals surface area contributed by atoms with E-state index in [1.54, 1.807) is 12.8 Å². The predicted octanol–water partition coefficient (Wildman–Crippen LogP) is 20.8. The Labute approximate surface area is 409 Å². The molecular formula is C63H119NO. The van der Waals surface area contributed by atoms with Gasteiger partial charge in [-0.3, -0.25) is 4.79 Å². The van der Waals surface area contributed by atoms with Gasteiger partial charge in [0, 0.05) is 19.5 Å². The fourth-order valence-corrected chi connectivity index (χ4v) is 15.7. The van der Waals surface area contributed by atoms with E-state index in [1.807, 2.05) is 0 Å². The van der Waals surface area contributed by atoms with Crippen molar-refractivity contribution in [1.82, 2.24) is 4.90 Å². The maximum atomic E-state index is 13.9. The lowest BCUT2D eigenvalue weighted by Crippen LogP contribution is -2.53. The topological polar surface area (TPSA) is 20.3 Å². The smallest absolute Gasteiger partial charge is 0.222 e. The van der Waals surface area contributed by atoms with Crippen molar-refractivity contribution < 1.29 is 4.79 Å². The molecule has 0 aliphatic heterocycles. The minimum Gasteiger partial charge on any atom is -0.342 e. The van der Waals surface area contributed by atoms with E-state index < -0.39 is 0 Å². The van der Waals surface area contributed by atoms with Crippen molar-refractivity contribution in [3.63, 3.8) is 0 Å². The average molecular weight is 907 g/mol. The quantitative estimate of drug-likeness (QED) is 0.0561. The summed E-state index contributed by atoms with van der Waals surface area (Å²) < 4.78 is 0. The second-order valence-corrected chi connectivity index (χ2v) is 25.0. The normalized spacial score (nSPS) is 27.3. The molecule has 4 aliphatic carbocycles. The highest BCUT2D eigenvalue weighted by atomic mass is 16.2. The van der Waals surface area contributed by atoms with Crippen molar-refractivity contribution in [1.29, 1.82) is 0 Å². The number of nitrogens with zero attached hydrogens (tertiary/aromatic N) is 1. The molecular weight excluding hydrogens is 787 g/mol. The third-order valence-corrected chi connectivity index (χ3v) is 19.9. The average Bonchev–Trinajstić information content (AvgIpc) is 3.66. The molecule has 4 saturated carbocycles. The molecule has 4 rings (SSSR count). The Hall–Kier alpha value is -0.530. The Bertz CT molecular complexity index is 1160. The Balaban J connectivity index is 1.12. The van der Waals surface area contributed by atoms with E-state index >= 15 is 0 Å². The first-order valence-electron chi connectivity index (χ1n) is 31.0. The molecule has 2 nitrogen and oxygen atoms in total. The summed E-state index contributed by atoms with van der Waals surface area (Å²) in [7, 11) is 0. The van der Waals surface area contributed by atoms with E-state index in [4.69, 9.17) is 0 Å². The fraction of sp³-hybridized carbons (Fsp3) is 0.984. The molecule has 0 N–H and O–H groups in total. The molecule has 0 saturated heterocycles. The lowest BCUT2D eigenvalue weighted by Gasteiger charge is -2.61. The van der Waals surface area contributed by atoms with E-state index in [0.29, 0.717) is 22.7 Å². The highest BCUT2D eigenvalue weighted by Gasteiger charge is 2.60. The van der Waals surface area contributed by atoms with Crippen molar-refractivity contribution in [3.05, 3.63) is 0 Å². The lowest BCUT2D eigenvalue weighted by molar-refractivity contribution is -0.132. The third-order valence-electron chi connectivity index (χ3n) is 19.9. The molecule has 0 aromatic heterocycles. The van der Waals surface area contributed by atoms with E-state index in [0.717, 1.165) is 61.4 Å². The molecule has 0 aromatic carbocycles. The van der Waals surface area contributed by atoms with Crippen molar-refractivity contribution in [2.75, 3.05) is 13.1 Å². The number of carbonyl (C=O) groups is 1. The van der Waals surface area contributed by atoms with Gasteiger partial charge in [-0.25, -0.2) is 0 Å². The second kappa shape index (κ2) is 33.9. The van der Waals surface area contributed by atoms with Crippen LogP contribution in [-0.4, -0.2) is 23.9 Å². The van der Waals surface area contributed by atoms with E-state index in [9.17, 15) is 4.79 Å². The van der Waals surface area contributed by atoms with E-state index in [-0.39, 0.29) is 0 Å². The van der Waals surface area contributed by atoms with Gasteiger partial charge in [-0.1, -0.05) is 253 Å². The number of hydrogen-bond acceptors (Lipinski definition) is 1. The molecule has 0 heterocycles. The Morgan fingerprint density at radius 2 is 0.954 bits per heavy atom. The zero-order chi connectivity index (χ0) is 46.4. The molecule has 0 bridgehead atoms. The Morgan fingerprint density at radius 3 is 1.48 bits per heavy atom. The van der Waals surface area contributed by atoms with Crippen LogP contribution in [0.25, 0.3) is 0 Å². The zero-order valence-corrected chi connectivity index (χ0v) is 45.6. The van der Waals surface area contributed by atoms with E-state index in [2.05, 4.69) is 46.4 Å². The Morgan fingerprint density at radius 1 is 0.477 bits per heavy atom. The molecule has 0 radical (unpaired) electrons. The molecule has 1 amide bonds. The molecule has 2 heteroatoms. The monoisotopic (exact) mass is 906 g/mol. The highest BCUT2D eigenvalue weighted by Crippen LogP contribution is 2.68.